The van der Waals surface area contributed by atoms with Crippen LogP contribution in [0, 0.1) is 0 Å². The highest BCUT2D eigenvalue weighted by Crippen LogP contribution is 2.28. The molecule has 3 aromatic rings. The largest absolute Gasteiger partial charge is 0.304 e. The summed E-state index contributed by atoms with van der Waals surface area (Å²) in [5.41, 5.74) is 2.04. The molecule has 0 aliphatic rings. The molecule has 2 aromatic heterocycles. The Morgan fingerprint density at radius 2 is 2.00 bits per heavy atom. The topological polar surface area (TPSA) is 56.5 Å². The van der Waals surface area contributed by atoms with E-state index in [-0.39, 0.29) is 0 Å². The van der Waals surface area contributed by atoms with Gasteiger partial charge in [-0.25, -0.2) is 4.98 Å². The number of aromatic nitrogens is 5. The van der Waals surface area contributed by atoms with Crippen molar-refractivity contribution < 1.29 is 0 Å². The summed E-state index contributed by atoms with van der Waals surface area (Å²) in [5.74, 6) is 1.59. The number of nitrogens with zero attached hydrogens (tertiary/aromatic N) is 5. The Hall–Kier alpha value is -1.86. The molecule has 0 bridgehead atoms. The molecule has 22 heavy (non-hydrogen) atoms. The van der Waals surface area contributed by atoms with Crippen LogP contribution in [-0.2, 0) is 12.8 Å². The minimum Gasteiger partial charge on any atom is -0.304 e. The Bertz CT molecular complexity index is 758. The van der Waals surface area contributed by atoms with Gasteiger partial charge in [-0.05, 0) is 17.9 Å². The van der Waals surface area contributed by atoms with Gasteiger partial charge in [-0.3, -0.25) is 4.98 Å². The normalized spacial score (nSPS) is 10.8. The molecule has 0 aliphatic carbocycles. The highest BCUT2D eigenvalue weighted by atomic mass is 32.2. The van der Waals surface area contributed by atoms with E-state index < -0.39 is 0 Å². The van der Waals surface area contributed by atoms with Crippen LogP contribution in [0.4, 0.5) is 0 Å². The summed E-state index contributed by atoms with van der Waals surface area (Å²) in [6.45, 7) is 0. The fourth-order valence-electron chi connectivity index (χ4n) is 2.04. The van der Waals surface area contributed by atoms with Crippen molar-refractivity contribution in [3.63, 3.8) is 0 Å². The van der Waals surface area contributed by atoms with Crippen molar-refractivity contribution in [3.05, 3.63) is 48.4 Å². The zero-order valence-electron chi connectivity index (χ0n) is 12.3. The molecule has 1 aromatic carbocycles. The van der Waals surface area contributed by atoms with Gasteiger partial charge in [0.25, 0.3) is 0 Å². The molecule has 0 saturated heterocycles. The summed E-state index contributed by atoms with van der Waals surface area (Å²) < 4.78 is 1.95. The summed E-state index contributed by atoms with van der Waals surface area (Å²) in [7, 11) is 1.95. The Balaban J connectivity index is 1.78. The Kier molecular flexibility index (Phi) is 4.74. The molecular weight excluding hydrogens is 314 g/mol. The Morgan fingerprint density at radius 1 is 1.14 bits per heavy atom. The number of hydrogen-bond donors (Lipinski definition) is 0. The van der Waals surface area contributed by atoms with E-state index in [0.29, 0.717) is 0 Å². The summed E-state index contributed by atoms with van der Waals surface area (Å²) in [5, 5.41) is 9.36. The fraction of sp³-hybridized carbons (Fsp3) is 0.200. The van der Waals surface area contributed by atoms with Crippen LogP contribution in [0.1, 0.15) is 5.56 Å². The predicted molar refractivity (Wildman–Crippen MR) is 89.8 cm³/mol. The molecule has 0 radical (unpaired) electrons. The fourth-order valence-corrected chi connectivity index (χ4v) is 3.67. The molecule has 7 heteroatoms. The second-order valence-corrected chi connectivity index (χ2v) is 6.35. The predicted octanol–water partition coefficient (Wildman–Crippen LogP) is 3.29. The number of rotatable bonds is 5. The molecular formula is C15H15N5S2. The van der Waals surface area contributed by atoms with E-state index in [4.69, 9.17) is 0 Å². The lowest BCUT2D eigenvalue weighted by molar-refractivity contribution is 0.791. The first-order chi connectivity index (χ1) is 10.8. The first-order valence-electron chi connectivity index (χ1n) is 6.70. The van der Waals surface area contributed by atoms with E-state index >= 15 is 0 Å². The van der Waals surface area contributed by atoms with E-state index in [1.54, 1.807) is 42.1 Å². The Morgan fingerprint density at radius 3 is 2.77 bits per heavy atom. The van der Waals surface area contributed by atoms with Gasteiger partial charge in [0, 0.05) is 30.1 Å². The van der Waals surface area contributed by atoms with E-state index in [1.807, 2.05) is 11.6 Å². The van der Waals surface area contributed by atoms with Gasteiger partial charge in [0.15, 0.2) is 11.0 Å². The van der Waals surface area contributed by atoms with E-state index in [9.17, 15) is 0 Å². The van der Waals surface area contributed by atoms with Crippen LogP contribution < -0.4 is 0 Å². The van der Waals surface area contributed by atoms with Gasteiger partial charge in [-0.15, -0.1) is 22.0 Å². The molecule has 0 amide bonds. The molecule has 0 saturated carbocycles. The molecule has 3 rings (SSSR count). The quantitative estimate of drug-likeness (QED) is 0.670. The zero-order chi connectivity index (χ0) is 15.4. The number of hydrogen-bond acceptors (Lipinski definition) is 6. The minimum atomic E-state index is 0.730. The van der Waals surface area contributed by atoms with E-state index in [1.165, 1.54) is 10.5 Å². The van der Waals surface area contributed by atoms with E-state index in [2.05, 4.69) is 50.7 Å². The Labute approximate surface area is 137 Å². The van der Waals surface area contributed by atoms with Gasteiger partial charge in [0.05, 0.1) is 6.20 Å². The zero-order valence-corrected chi connectivity index (χ0v) is 13.9. The molecule has 0 fully saturated rings. The lowest BCUT2D eigenvalue weighted by Gasteiger charge is -2.06. The van der Waals surface area contributed by atoms with Crippen molar-refractivity contribution in [1.29, 1.82) is 0 Å². The average Bonchev–Trinajstić information content (AvgIpc) is 2.95. The first-order valence-corrected chi connectivity index (χ1v) is 8.91. The maximum Gasteiger partial charge on any atom is 0.191 e. The third-order valence-corrected chi connectivity index (χ3v) is 5.08. The van der Waals surface area contributed by atoms with Crippen molar-refractivity contribution >= 4 is 23.5 Å². The van der Waals surface area contributed by atoms with Crippen molar-refractivity contribution in [2.45, 2.75) is 15.8 Å². The molecule has 0 N–H and O–H groups in total. The van der Waals surface area contributed by atoms with Crippen LogP contribution in [0.15, 0.2) is 52.9 Å². The maximum atomic E-state index is 4.27. The molecule has 0 spiro atoms. The third-order valence-electron chi connectivity index (χ3n) is 3.18. The molecule has 112 valence electrons. The summed E-state index contributed by atoms with van der Waals surface area (Å²) in [4.78, 5) is 9.64. The van der Waals surface area contributed by atoms with Crippen molar-refractivity contribution in [2.24, 2.45) is 7.05 Å². The highest BCUT2D eigenvalue weighted by Gasteiger charge is 2.13. The molecule has 2 heterocycles. The van der Waals surface area contributed by atoms with Crippen molar-refractivity contribution in [1.82, 2.24) is 24.7 Å². The number of thioether (sulfide) groups is 2. The molecule has 5 nitrogen and oxygen atoms in total. The standard InChI is InChI=1S/C15H15N5S2/c1-20-14(12-9-16-7-8-17-12)18-19-15(20)22-10-11-5-3-4-6-13(11)21-2/h3-9H,10H2,1-2H3. The van der Waals surface area contributed by atoms with Crippen molar-refractivity contribution in [3.8, 4) is 11.5 Å². The van der Waals surface area contributed by atoms with E-state index in [0.717, 1.165) is 22.4 Å². The minimum absolute atomic E-state index is 0.730. The third kappa shape index (κ3) is 3.15. The lowest BCUT2D eigenvalue weighted by Crippen LogP contribution is -1.97. The first kappa shape index (κ1) is 15.1. The van der Waals surface area contributed by atoms with Gasteiger partial charge in [0.1, 0.15) is 5.69 Å². The van der Waals surface area contributed by atoms with Crippen LogP contribution >= 0.6 is 23.5 Å². The monoisotopic (exact) mass is 329 g/mol. The summed E-state index contributed by atoms with van der Waals surface area (Å²) in [6, 6.07) is 8.42. The van der Waals surface area contributed by atoms with Gasteiger partial charge >= 0.3 is 0 Å². The van der Waals surface area contributed by atoms with Crippen LogP contribution in [0.2, 0.25) is 0 Å². The second kappa shape index (κ2) is 6.93. The van der Waals surface area contributed by atoms with Gasteiger partial charge in [0.2, 0.25) is 0 Å². The number of benzene rings is 1. The van der Waals surface area contributed by atoms with Crippen LogP contribution in [0.25, 0.3) is 11.5 Å². The second-order valence-electron chi connectivity index (χ2n) is 4.56. The maximum absolute atomic E-state index is 4.27. The van der Waals surface area contributed by atoms with Gasteiger partial charge < -0.3 is 4.57 Å². The molecule has 0 aliphatic heterocycles. The summed E-state index contributed by atoms with van der Waals surface area (Å²) >= 11 is 3.44. The van der Waals surface area contributed by atoms with Crippen LogP contribution in [0.5, 0.6) is 0 Å². The molecule has 0 atom stereocenters. The SMILES string of the molecule is CSc1ccccc1CSc1nnc(-c2cnccn2)n1C. The van der Waals surface area contributed by atoms with Gasteiger partial charge in [-0.1, -0.05) is 30.0 Å². The summed E-state index contributed by atoms with van der Waals surface area (Å²) in [6.07, 6.45) is 7.10. The van der Waals surface area contributed by atoms with Crippen molar-refractivity contribution in [2.75, 3.05) is 6.26 Å². The average molecular weight is 329 g/mol. The highest BCUT2D eigenvalue weighted by molar-refractivity contribution is 7.99. The van der Waals surface area contributed by atoms with Crippen LogP contribution in [0.3, 0.4) is 0 Å². The van der Waals surface area contributed by atoms with Crippen LogP contribution in [-0.4, -0.2) is 31.0 Å². The molecule has 0 unspecified atom stereocenters. The smallest absolute Gasteiger partial charge is 0.191 e. The lowest BCUT2D eigenvalue weighted by atomic mass is 10.2. The van der Waals surface area contributed by atoms with Gasteiger partial charge in [-0.2, -0.15) is 0 Å².